The number of nitrogens with zero attached hydrogens (tertiary/aromatic N) is 2. The van der Waals surface area contributed by atoms with Crippen molar-refractivity contribution in [3.8, 4) is 0 Å². The van der Waals surface area contributed by atoms with Gasteiger partial charge in [0.2, 0.25) is 0 Å². The standard InChI is InChI=1S/C17H27N3O3S.2ClH/c1-11-9-20(10-12(2)23-11)13-6-15(18-7-13)17-19-8-14(24-17)4-5-16(21)22-3;;/h8,11-13,15,18H,4-7,9-10H2,1-3H3;2*1H/t11-,12+,13-,15-;;/m0../s1. The van der Waals surface area contributed by atoms with Gasteiger partial charge in [-0.05, 0) is 26.7 Å². The number of carbonyl (C=O) groups is 1. The van der Waals surface area contributed by atoms with Gasteiger partial charge >= 0.3 is 5.97 Å². The number of morpholine rings is 1. The smallest absolute Gasteiger partial charge is 0.305 e. The lowest BCUT2D eigenvalue weighted by Gasteiger charge is -2.38. The molecule has 2 aliphatic rings. The van der Waals surface area contributed by atoms with Crippen molar-refractivity contribution in [1.29, 1.82) is 0 Å². The molecule has 0 saturated carbocycles. The molecule has 6 nitrogen and oxygen atoms in total. The summed E-state index contributed by atoms with van der Waals surface area (Å²) in [6.07, 6.45) is 4.72. The second-order valence-corrected chi connectivity index (χ2v) is 7.95. The average Bonchev–Trinajstić information content (AvgIpc) is 3.20. The van der Waals surface area contributed by atoms with Crippen molar-refractivity contribution in [2.24, 2.45) is 0 Å². The number of aryl methyl sites for hydroxylation is 1. The lowest BCUT2D eigenvalue weighted by atomic mass is 10.1. The highest BCUT2D eigenvalue weighted by Gasteiger charge is 2.34. The molecule has 26 heavy (non-hydrogen) atoms. The van der Waals surface area contributed by atoms with Gasteiger partial charge in [-0.1, -0.05) is 0 Å². The van der Waals surface area contributed by atoms with Crippen LogP contribution in [0.25, 0.3) is 0 Å². The minimum atomic E-state index is -0.167. The van der Waals surface area contributed by atoms with E-state index in [1.54, 1.807) is 11.3 Å². The normalized spacial score (nSPS) is 28.9. The lowest BCUT2D eigenvalue weighted by molar-refractivity contribution is -0.140. The summed E-state index contributed by atoms with van der Waals surface area (Å²) in [5, 5.41) is 4.74. The Morgan fingerprint density at radius 1 is 1.38 bits per heavy atom. The Balaban J connectivity index is 0.00000169. The van der Waals surface area contributed by atoms with Crippen LogP contribution in [-0.2, 0) is 20.7 Å². The second kappa shape index (κ2) is 10.8. The van der Waals surface area contributed by atoms with Crippen molar-refractivity contribution in [2.75, 3.05) is 26.7 Å². The zero-order valence-electron chi connectivity index (χ0n) is 15.5. The number of carbonyl (C=O) groups excluding carboxylic acids is 1. The number of thiazole rings is 1. The number of esters is 1. The summed E-state index contributed by atoms with van der Waals surface area (Å²) < 4.78 is 10.5. The molecule has 0 radical (unpaired) electrons. The first-order valence-corrected chi connectivity index (χ1v) is 9.51. The predicted molar refractivity (Wildman–Crippen MR) is 108 cm³/mol. The summed E-state index contributed by atoms with van der Waals surface area (Å²) in [7, 11) is 1.43. The summed E-state index contributed by atoms with van der Waals surface area (Å²) in [5.74, 6) is -0.167. The quantitative estimate of drug-likeness (QED) is 0.731. The molecular formula is C17H29Cl2N3O3S. The molecule has 0 amide bonds. The topological polar surface area (TPSA) is 63.7 Å². The molecule has 2 fully saturated rings. The predicted octanol–water partition coefficient (Wildman–Crippen LogP) is 2.60. The number of aromatic nitrogens is 1. The van der Waals surface area contributed by atoms with Crippen LogP contribution in [-0.4, -0.2) is 60.8 Å². The third-order valence-corrected chi connectivity index (χ3v) is 5.92. The molecule has 0 aromatic carbocycles. The van der Waals surface area contributed by atoms with Crippen molar-refractivity contribution in [3.05, 3.63) is 16.1 Å². The van der Waals surface area contributed by atoms with Crippen LogP contribution in [0.4, 0.5) is 0 Å². The molecule has 3 rings (SSSR count). The largest absolute Gasteiger partial charge is 0.469 e. The molecule has 1 aromatic rings. The number of hydrogen-bond donors (Lipinski definition) is 1. The highest BCUT2D eigenvalue weighted by Crippen LogP contribution is 2.30. The SMILES string of the molecule is COC(=O)CCc1cnc([C@@H]2C[C@H](N3C[C@@H](C)O[C@@H](C)C3)CN2)s1.Cl.Cl. The van der Waals surface area contributed by atoms with Crippen molar-refractivity contribution in [3.63, 3.8) is 0 Å². The van der Waals surface area contributed by atoms with Crippen LogP contribution in [0.15, 0.2) is 6.20 Å². The van der Waals surface area contributed by atoms with E-state index in [9.17, 15) is 4.79 Å². The van der Waals surface area contributed by atoms with E-state index in [-0.39, 0.29) is 30.8 Å². The van der Waals surface area contributed by atoms with Crippen molar-refractivity contribution in [2.45, 2.75) is 57.4 Å². The maximum Gasteiger partial charge on any atom is 0.305 e. The fourth-order valence-corrected chi connectivity index (χ4v) is 4.63. The van der Waals surface area contributed by atoms with Gasteiger partial charge in [0.25, 0.3) is 0 Å². The molecule has 1 aromatic heterocycles. The fraction of sp³-hybridized carbons (Fsp3) is 0.765. The zero-order valence-corrected chi connectivity index (χ0v) is 17.9. The van der Waals surface area contributed by atoms with Crippen LogP contribution in [0.5, 0.6) is 0 Å². The summed E-state index contributed by atoms with van der Waals surface area (Å²) in [5.41, 5.74) is 0. The number of rotatable bonds is 5. The van der Waals surface area contributed by atoms with Gasteiger partial charge in [0.1, 0.15) is 5.01 Å². The van der Waals surface area contributed by atoms with E-state index in [0.29, 0.717) is 37.1 Å². The summed E-state index contributed by atoms with van der Waals surface area (Å²) in [6.45, 7) is 7.31. The molecule has 150 valence electrons. The lowest BCUT2D eigenvalue weighted by Crippen LogP contribution is -2.50. The molecule has 9 heteroatoms. The van der Waals surface area contributed by atoms with Gasteiger partial charge < -0.3 is 14.8 Å². The van der Waals surface area contributed by atoms with Crippen LogP contribution < -0.4 is 5.32 Å². The first-order valence-electron chi connectivity index (χ1n) is 8.69. The Bertz CT molecular complexity index is 565. The van der Waals surface area contributed by atoms with Gasteiger partial charge in [-0.15, -0.1) is 36.2 Å². The highest BCUT2D eigenvalue weighted by molar-refractivity contribution is 7.11. The Morgan fingerprint density at radius 3 is 2.73 bits per heavy atom. The van der Waals surface area contributed by atoms with Crippen LogP contribution in [0, 0.1) is 0 Å². The molecule has 0 unspecified atom stereocenters. The maximum atomic E-state index is 11.3. The van der Waals surface area contributed by atoms with E-state index in [1.807, 2.05) is 6.20 Å². The van der Waals surface area contributed by atoms with E-state index in [1.165, 1.54) is 7.11 Å². The highest BCUT2D eigenvalue weighted by atomic mass is 35.5. The summed E-state index contributed by atoms with van der Waals surface area (Å²) in [4.78, 5) is 19.5. The van der Waals surface area contributed by atoms with Crippen molar-refractivity contribution in [1.82, 2.24) is 15.2 Å². The van der Waals surface area contributed by atoms with Gasteiger partial charge in [-0.3, -0.25) is 9.69 Å². The van der Waals surface area contributed by atoms with Gasteiger partial charge in [-0.25, -0.2) is 4.98 Å². The Morgan fingerprint density at radius 2 is 2.08 bits per heavy atom. The van der Waals surface area contributed by atoms with Crippen molar-refractivity contribution >= 4 is 42.1 Å². The third-order valence-electron chi connectivity index (χ3n) is 4.74. The van der Waals surface area contributed by atoms with E-state index in [0.717, 1.165) is 35.9 Å². The number of nitrogens with one attached hydrogen (secondary N) is 1. The Hall–Kier alpha value is -0.440. The van der Waals surface area contributed by atoms with E-state index < -0.39 is 0 Å². The molecule has 3 heterocycles. The number of halogens is 2. The van der Waals surface area contributed by atoms with Crippen LogP contribution in [0.2, 0.25) is 0 Å². The van der Waals surface area contributed by atoms with E-state index >= 15 is 0 Å². The summed E-state index contributed by atoms with van der Waals surface area (Å²) >= 11 is 1.71. The van der Waals surface area contributed by atoms with Crippen LogP contribution in [0.1, 0.15) is 42.6 Å². The Kier molecular flexibility index (Phi) is 9.79. The van der Waals surface area contributed by atoms with Gasteiger partial charge in [-0.2, -0.15) is 0 Å². The van der Waals surface area contributed by atoms with E-state index in [4.69, 9.17) is 9.47 Å². The van der Waals surface area contributed by atoms with Crippen LogP contribution >= 0.6 is 36.2 Å². The molecular weight excluding hydrogens is 397 g/mol. The molecule has 2 saturated heterocycles. The molecule has 0 spiro atoms. The second-order valence-electron chi connectivity index (χ2n) is 6.80. The number of ether oxygens (including phenoxy) is 2. The number of hydrogen-bond acceptors (Lipinski definition) is 7. The molecule has 0 bridgehead atoms. The molecule has 1 N–H and O–H groups in total. The first-order chi connectivity index (χ1) is 11.5. The Labute approximate surface area is 171 Å². The first kappa shape index (κ1) is 23.6. The van der Waals surface area contributed by atoms with Crippen molar-refractivity contribution < 1.29 is 14.3 Å². The number of methoxy groups -OCH3 is 1. The summed E-state index contributed by atoms with van der Waals surface area (Å²) in [6, 6.07) is 0.867. The van der Waals surface area contributed by atoms with Crippen LogP contribution in [0.3, 0.4) is 0 Å². The minimum absolute atomic E-state index is 0. The third kappa shape index (κ3) is 6.04. The maximum absolute atomic E-state index is 11.3. The average molecular weight is 426 g/mol. The van der Waals surface area contributed by atoms with E-state index in [2.05, 4.69) is 29.0 Å². The van der Waals surface area contributed by atoms with Gasteiger partial charge in [0.05, 0.1) is 31.8 Å². The molecule has 4 atom stereocenters. The zero-order chi connectivity index (χ0) is 17.1. The van der Waals surface area contributed by atoms with Gasteiger partial charge in [0, 0.05) is 36.8 Å². The fourth-order valence-electron chi connectivity index (χ4n) is 3.63. The van der Waals surface area contributed by atoms with Gasteiger partial charge in [0.15, 0.2) is 0 Å². The minimum Gasteiger partial charge on any atom is -0.469 e. The molecule has 2 aliphatic heterocycles. The monoisotopic (exact) mass is 425 g/mol. The molecule has 0 aliphatic carbocycles.